The van der Waals surface area contributed by atoms with Crippen LogP contribution in [0.15, 0.2) is 54.6 Å². The van der Waals surface area contributed by atoms with Crippen molar-refractivity contribution < 1.29 is 9.90 Å². The van der Waals surface area contributed by atoms with Gasteiger partial charge in [0, 0.05) is 12.6 Å². The third-order valence-electron chi connectivity index (χ3n) is 3.73. The Morgan fingerprint density at radius 2 is 1.75 bits per heavy atom. The van der Waals surface area contributed by atoms with Gasteiger partial charge in [0.15, 0.2) is 0 Å². The van der Waals surface area contributed by atoms with E-state index in [1.165, 1.54) is 0 Å². The molecule has 1 atom stereocenters. The van der Waals surface area contributed by atoms with Crippen LogP contribution in [0.25, 0.3) is 0 Å². The number of benzene rings is 2. The molecule has 0 aliphatic heterocycles. The summed E-state index contributed by atoms with van der Waals surface area (Å²) in [5.74, 6) is 0.254. The molecule has 0 saturated carbocycles. The molecule has 0 aliphatic carbocycles. The van der Waals surface area contributed by atoms with Crippen molar-refractivity contribution in [2.24, 2.45) is 0 Å². The van der Waals surface area contributed by atoms with Crippen LogP contribution in [0, 0.1) is 0 Å². The number of aromatic hydroxyl groups is 1. The van der Waals surface area contributed by atoms with Gasteiger partial charge in [-0.15, -0.1) is 0 Å². The molecule has 0 aliphatic rings. The van der Waals surface area contributed by atoms with E-state index in [4.69, 9.17) is 0 Å². The number of likely N-dealkylation sites (N-methyl/N-ethyl adjacent to an activating group) is 1. The minimum Gasteiger partial charge on any atom is -0.508 e. The Morgan fingerprint density at radius 3 is 2.38 bits per heavy atom. The fourth-order valence-electron chi connectivity index (χ4n) is 2.25. The lowest BCUT2D eigenvalue weighted by Crippen LogP contribution is -2.46. The van der Waals surface area contributed by atoms with Gasteiger partial charge >= 0.3 is 6.03 Å². The second-order valence-electron chi connectivity index (χ2n) is 5.81. The van der Waals surface area contributed by atoms with Gasteiger partial charge < -0.3 is 15.3 Å². The quantitative estimate of drug-likeness (QED) is 0.588. The average molecular weight is 328 g/mol. The van der Waals surface area contributed by atoms with Crippen molar-refractivity contribution in [2.75, 3.05) is 26.1 Å². The number of carbonyl (C=O) groups excluding carboxylic acids is 1. The lowest BCUT2D eigenvalue weighted by molar-refractivity contribution is 0.233. The Bertz CT molecular complexity index is 629. The highest BCUT2D eigenvalue weighted by atomic mass is 16.3. The van der Waals surface area contributed by atoms with Gasteiger partial charge in [0.1, 0.15) is 5.75 Å². The van der Waals surface area contributed by atoms with Gasteiger partial charge in [-0.25, -0.2) is 4.79 Å². The number of hydrazine groups is 1. The normalized spacial score (nSPS) is 11.8. The topological polar surface area (TPSA) is 76.6 Å². The maximum Gasteiger partial charge on any atom is 0.333 e. The summed E-state index contributed by atoms with van der Waals surface area (Å²) < 4.78 is 0. The molecule has 0 spiro atoms. The fourth-order valence-corrected chi connectivity index (χ4v) is 2.25. The van der Waals surface area contributed by atoms with Gasteiger partial charge in [-0.1, -0.05) is 30.3 Å². The second-order valence-corrected chi connectivity index (χ2v) is 5.81. The Labute approximate surface area is 142 Å². The van der Waals surface area contributed by atoms with Crippen molar-refractivity contribution >= 4 is 11.7 Å². The number of anilines is 1. The first-order chi connectivity index (χ1) is 11.5. The predicted octanol–water partition coefficient (Wildman–Crippen LogP) is 2.19. The second kappa shape index (κ2) is 8.79. The zero-order valence-corrected chi connectivity index (χ0v) is 14.0. The molecule has 0 bridgehead atoms. The number of nitrogens with zero attached hydrogens (tertiary/aromatic N) is 1. The van der Waals surface area contributed by atoms with Gasteiger partial charge in [0.2, 0.25) is 0 Å². The summed E-state index contributed by atoms with van der Waals surface area (Å²) in [7, 11) is 3.96. The monoisotopic (exact) mass is 328 g/mol. The molecule has 6 heteroatoms. The lowest BCUT2D eigenvalue weighted by Gasteiger charge is -2.25. The van der Waals surface area contributed by atoms with Crippen LogP contribution in [0.3, 0.4) is 0 Å². The van der Waals surface area contributed by atoms with Crippen molar-refractivity contribution in [3.63, 3.8) is 0 Å². The molecule has 0 aromatic heterocycles. The first-order valence-electron chi connectivity index (χ1n) is 7.84. The summed E-state index contributed by atoms with van der Waals surface area (Å²) in [6.45, 7) is 0.510. The number of para-hydroxylation sites is 1. The van der Waals surface area contributed by atoms with E-state index < -0.39 is 0 Å². The van der Waals surface area contributed by atoms with Crippen LogP contribution in [0.1, 0.15) is 5.56 Å². The summed E-state index contributed by atoms with van der Waals surface area (Å²) in [5.41, 5.74) is 7.39. The SMILES string of the molecule is CN(C)[C@H](CNC(=O)NNc1ccccc1)Cc1ccc(O)cc1. The van der Waals surface area contributed by atoms with Crippen LogP contribution in [-0.4, -0.2) is 42.7 Å². The molecule has 0 fully saturated rings. The highest BCUT2D eigenvalue weighted by Gasteiger charge is 2.13. The summed E-state index contributed by atoms with van der Waals surface area (Å²) in [6.07, 6.45) is 0.777. The number of amides is 2. The molecule has 2 aromatic carbocycles. The number of hydrogen-bond donors (Lipinski definition) is 4. The molecule has 0 heterocycles. The molecule has 24 heavy (non-hydrogen) atoms. The van der Waals surface area contributed by atoms with Crippen LogP contribution >= 0.6 is 0 Å². The van der Waals surface area contributed by atoms with E-state index in [1.807, 2.05) is 56.6 Å². The van der Waals surface area contributed by atoms with Crippen LogP contribution < -0.4 is 16.2 Å². The Hall–Kier alpha value is -2.73. The standard InChI is InChI=1S/C18H24N4O2/c1-22(2)16(12-14-8-10-17(23)11-9-14)13-19-18(24)21-20-15-6-4-3-5-7-15/h3-11,16,20,23H,12-13H2,1-2H3,(H2,19,21,24)/t16-/m0/s1. The third-order valence-corrected chi connectivity index (χ3v) is 3.73. The van der Waals surface area contributed by atoms with E-state index in [0.29, 0.717) is 6.54 Å². The molecule has 2 rings (SSSR count). The minimum absolute atomic E-state index is 0.150. The molecule has 2 aromatic rings. The summed E-state index contributed by atoms with van der Waals surface area (Å²) in [6, 6.07) is 16.4. The molecule has 128 valence electrons. The Kier molecular flexibility index (Phi) is 6.45. The molecule has 0 saturated heterocycles. The molecule has 0 unspecified atom stereocenters. The van der Waals surface area contributed by atoms with Crippen LogP contribution in [0.4, 0.5) is 10.5 Å². The highest BCUT2D eigenvalue weighted by molar-refractivity contribution is 5.75. The van der Waals surface area contributed by atoms with E-state index in [9.17, 15) is 9.90 Å². The molecule has 6 nitrogen and oxygen atoms in total. The first-order valence-corrected chi connectivity index (χ1v) is 7.84. The minimum atomic E-state index is -0.281. The maximum absolute atomic E-state index is 11.9. The van der Waals surface area contributed by atoms with Crippen molar-refractivity contribution in [3.8, 4) is 5.75 Å². The summed E-state index contributed by atoms with van der Waals surface area (Å²) in [4.78, 5) is 14.0. The number of hydrogen-bond acceptors (Lipinski definition) is 4. The number of rotatable bonds is 7. The van der Waals surface area contributed by atoms with E-state index in [1.54, 1.807) is 12.1 Å². The smallest absolute Gasteiger partial charge is 0.333 e. The highest BCUT2D eigenvalue weighted by Crippen LogP contribution is 2.12. The van der Waals surface area contributed by atoms with Gasteiger partial charge in [-0.2, -0.15) is 0 Å². The van der Waals surface area contributed by atoms with Crippen LogP contribution in [0.2, 0.25) is 0 Å². The summed E-state index contributed by atoms with van der Waals surface area (Å²) >= 11 is 0. The number of nitrogens with one attached hydrogen (secondary N) is 3. The first kappa shape index (κ1) is 17.6. The van der Waals surface area contributed by atoms with E-state index in [-0.39, 0.29) is 17.8 Å². The third kappa shape index (κ3) is 5.81. The van der Waals surface area contributed by atoms with E-state index in [0.717, 1.165) is 17.7 Å². The molecule has 2 amide bonds. The predicted molar refractivity (Wildman–Crippen MR) is 95.9 cm³/mol. The summed E-state index contributed by atoms with van der Waals surface area (Å²) in [5, 5.41) is 12.2. The van der Waals surface area contributed by atoms with Crippen molar-refractivity contribution in [2.45, 2.75) is 12.5 Å². The fraction of sp³-hybridized carbons (Fsp3) is 0.278. The largest absolute Gasteiger partial charge is 0.508 e. The zero-order valence-electron chi connectivity index (χ0n) is 14.0. The van der Waals surface area contributed by atoms with Gasteiger partial charge in [0.05, 0.1) is 5.69 Å². The average Bonchev–Trinajstić information content (AvgIpc) is 2.59. The molecular formula is C18H24N4O2. The molecular weight excluding hydrogens is 304 g/mol. The Morgan fingerprint density at radius 1 is 1.08 bits per heavy atom. The maximum atomic E-state index is 11.9. The van der Waals surface area contributed by atoms with Crippen LogP contribution in [0.5, 0.6) is 5.75 Å². The number of phenols is 1. The molecule has 4 N–H and O–H groups in total. The van der Waals surface area contributed by atoms with Crippen molar-refractivity contribution in [1.82, 2.24) is 15.6 Å². The number of carbonyl (C=O) groups is 1. The number of urea groups is 1. The van der Waals surface area contributed by atoms with Crippen LogP contribution in [-0.2, 0) is 6.42 Å². The van der Waals surface area contributed by atoms with Gasteiger partial charge in [0.25, 0.3) is 0 Å². The van der Waals surface area contributed by atoms with Crippen molar-refractivity contribution in [3.05, 3.63) is 60.2 Å². The lowest BCUT2D eigenvalue weighted by atomic mass is 10.1. The van der Waals surface area contributed by atoms with Crippen molar-refractivity contribution in [1.29, 1.82) is 0 Å². The molecule has 0 radical (unpaired) electrons. The van der Waals surface area contributed by atoms with E-state index in [2.05, 4.69) is 21.1 Å². The Balaban J connectivity index is 1.80. The van der Waals surface area contributed by atoms with E-state index >= 15 is 0 Å². The number of phenolic OH excluding ortho intramolecular Hbond substituents is 1. The van der Waals surface area contributed by atoms with Gasteiger partial charge in [-0.05, 0) is 50.3 Å². The van der Waals surface area contributed by atoms with Gasteiger partial charge in [-0.3, -0.25) is 10.9 Å². The zero-order chi connectivity index (χ0) is 17.4.